The number of carbonyl (C=O) groups excluding carboxylic acids is 1. The molecule has 0 aliphatic heterocycles. The number of aliphatic hydroxyl groups excluding tert-OH is 1. The minimum atomic E-state index is 0.212. The van der Waals surface area contributed by atoms with Crippen LogP contribution in [0.25, 0.3) is 0 Å². The first-order valence-electron chi connectivity index (χ1n) is 4.37. The third kappa shape index (κ3) is 7.53. The summed E-state index contributed by atoms with van der Waals surface area (Å²) in [5.74, 6) is 0.212. The highest BCUT2D eigenvalue weighted by molar-refractivity contribution is 5.52. The Labute approximate surface area is 68.6 Å². The molecule has 11 heavy (non-hydrogen) atoms. The molecule has 0 rings (SSSR count). The molecule has 0 fully saturated rings. The monoisotopic (exact) mass is 158 g/mol. The zero-order valence-electron chi connectivity index (χ0n) is 7.25. The molecule has 0 aromatic heterocycles. The average molecular weight is 158 g/mol. The second kappa shape index (κ2) is 7.73. The number of hydrogen-bond donors (Lipinski definition) is 1. The molecule has 0 radical (unpaired) electrons. The van der Waals surface area contributed by atoms with Gasteiger partial charge in [-0.15, -0.1) is 0 Å². The Balaban J connectivity index is 2.95. The smallest absolute Gasteiger partial charge is 0.122 e. The molecule has 0 aromatic rings. The Morgan fingerprint density at radius 1 is 1.27 bits per heavy atom. The van der Waals surface area contributed by atoms with E-state index in [4.69, 9.17) is 5.11 Å². The summed E-state index contributed by atoms with van der Waals surface area (Å²) in [6.45, 7) is 2.24. The molecule has 2 heteroatoms. The first-order chi connectivity index (χ1) is 5.31. The number of aldehydes is 1. The lowest BCUT2D eigenvalue weighted by atomic mass is 10.0. The summed E-state index contributed by atoms with van der Waals surface area (Å²) in [6, 6.07) is 0. The molecular formula is C9H18O2. The number of aliphatic hydroxyl groups is 1. The molecule has 66 valence electrons. The molecule has 1 unspecified atom stereocenters. The van der Waals surface area contributed by atoms with Crippen molar-refractivity contribution in [3.8, 4) is 0 Å². The maximum absolute atomic E-state index is 10.2. The van der Waals surface area contributed by atoms with Crippen molar-refractivity contribution >= 4 is 6.29 Å². The molecule has 2 nitrogen and oxygen atoms in total. The third-order valence-corrected chi connectivity index (χ3v) is 1.80. The quantitative estimate of drug-likeness (QED) is 0.453. The summed E-state index contributed by atoms with van der Waals surface area (Å²) in [5.41, 5.74) is 0. The number of rotatable bonds is 7. The molecule has 1 atom stereocenters. The van der Waals surface area contributed by atoms with Crippen LogP contribution in [0.15, 0.2) is 0 Å². The average Bonchev–Trinajstić information content (AvgIpc) is 2.04. The highest BCUT2D eigenvalue weighted by Gasteiger charge is 1.97. The van der Waals surface area contributed by atoms with Crippen LogP contribution < -0.4 is 0 Å². The van der Waals surface area contributed by atoms with Crippen LogP contribution in [0.3, 0.4) is 0 Å². The summed E-state index contributed by atoms with van der Waals surface area (Å²) in [5, 5.41) is 8.46. The largest absolute Gasteiger partial charge is 0.396 e. The second-order valence-corrected chi connectivity index (χ2v) is 3.04. The van der Waals surface area contributed by atoms with Crippen LogP contribution in [0.2, 0.25) is 0 Å². The van der Waals surface area contributed by atoms with Crippen molar-refractivity contribution in [2.75, 3.05) is 6.61 Å². The molecule has 0 amide bonds. The van der Waals surface area contributed by atoms with E-state index in [1.165, 1.54) is 0 Å². The predicted molar refractivity (Wildman–Crippen MR) is 45.4 cm³/mol. The van der Waals surface area contributed by atoms with Crippen molar-refractivity contribution < 1.29 is 9.90 Å². The Bertz CT molecular complexity index is 91.6. The van der Waals surface area contributed by atoms with Crippen molar-refractivity contribution in [2.45, 2.75) is 39.0 Å². The lowest BCUT2D eigenvalue weighted by Gasteiger charge is -2.01. The Kier molecular flexibility index (Phi) is 7.47. The predicted octanol–water partition coefficient (Wildman–Crippen LogP) is 1.76. The van der Waals surface area contributed by atoms with Crippen LogP contribution in [0.5, 0.6) is 0 Å². The SMILES string of the molecule is CC(C=O)CCCCCCO. The molecule has 0 aromatic carbocycles. The van der Waals surface area contributed by atoms with Gasteiger partial charge in [0, 0.05) is 12.5 Å². The Morgan fingerprint density at radius 3 is 2.45 bits per heavy atom. The summed E-state index contributed by atoms with van der Waals surface area (Å²) < 4.78 is 0. The minimum absolute atomic E-state index is 0.212. The van der Waals surface area contributed by atoms with Crippen molar-refractivity contribution in [3.05, 3.63) is 0 Å². The van der Waals surface area contributed by atoms with E-state index in [1.807, 2.05) is 6.92 Å². The molecule has 0 heterocycles. The summed E-state index contributed by atoms with van der Waals surface area (Å²) in [6.07, 6.45) is 6.23. The van der Waals surface area contributed by atoms with Crippen molar-refractivity contribution in [3.63, 3.8) is 0 Å². The fourth-order valence-electron chi connectivity index (χ4n) is 1.000. The van der Waals surface area contributed by atoms with Gasteiger partial charge in [-0.25, -0.2) is 0 Å². The zero-order chi connectivity index (χ0) is 8.53. The van der Waals surface area contributed by atoms with Crippen molar-refractivity contribution in [1.29, 1.82) is 0 Å². The maximum Gasteiger partial charge on any atom is 0.122 e. The molecule has 0 saturated carbocycles. The van der Waals surface area contributed by atoms with Crippen LogP contribution in [-0.2, 0) is 4.79 Å². The van der Waals surface area contributed by atoms with E-state index < -0.39 is 0 Å². The number of hydrogen-bond acceptors (Lipinski definition) is 2. The first kappa shape index (κ1) is 10.6. The highest BCUT2D eigenvalue weighted by Crippen LogP contribution is 2.07. The van der Waals surface area contributed by atoms with Gasteiger partial charge in [-0.3, -0.25) is 0 Å². The van der Waals surface area contributed by atoms with Gasteiger partial charge in [-0.2, -0.15) is 0 Å². The normalized spacial score (nSPS) is 12.9. The molecule has 0 saturated heterocycles. The zero-order valence-corrected chi connectivity index (χ0v) is 7.25. The van der Waals surface area contributed by atoms with Gasteiger partial charge in [0.2, 0.25) is 0 Å². The standard InChI is InChI=1S/C9H18O2/c1-9(8-11)6-4-2-3-5-7-10/h8-10H,2-7H2,1H3. The fraction of sp³-hybridized carbons (Fsp3) is 0.889. The van der Waals surface area contributed by atoms with Crippen LogP contribution in [0.4, 0.5) is 0 Å². The van der Waals surface area contributed by atoms with Crippen LogP contribution >= 0.6 is 0 Å². The van der Waals surface area contributed by atoms with E-state index in [-0.39, 0.29) is 5.92 Å². The molecular weight excluding hydrogens is 140 g/mol. The lowest BCUT2D eigenvalue weighted by molar-refractivity contribution is -0.110. The molecule has 0 aliphatic rings. The van der Waals surface area contributed by atoms with Crippen LogP contribution in [0.1, 0.15) is 39.0 Å². The molecule has 0 spiro atoms. The van der Waals surface area contributed by atoms with Gasteiger partial charge in [0.1, 0.15) is 6.29 Å². The van der Waals surface area contributed by atoms with Gasteiger partial charge in [0.05, 0.1) is 0 Å². The van der Waals surface area contributed by atoms with Crippen LogP contribution in [-0.4, -0.2) is 18.0 Å². The Hall–Kier alpha value is -0.370. The summed E-state index contributed by atoms with van der Waals surface area (Å²) in [7, 11) is 0. The molecule has 1 N–H and O–H groups in total. The van der Waals surface area contributed by atoms with Gasteiger partial charge >= 0.3 is 0 Å². The van der Waals surface area contributed by atoms with E-state index in [1.54, 1.807) is 0 Å². The maximum atomic E-state index is 10.2. The highest BCUT2D eigenvalue weighted by atomic mass is 16.2. The van der Waals surface area contributed by atoms with E-state index in [9.17, 15) is 4.79 Å². The lowest BCUT2D eigenvalue weighted by Crippen LogP contribution is -1.95. The molecule has 0 aliphatic carbocycles. The van der Waals surface area contributed by atoms with Crippen LogP contribution in [0, 0.1) is 5.92 Å². The Morgan fingerprint density at radius 2 is 1.91 bits per heavy atom. The summed E-state index contributed by atoms with van der Waals surface area (Å²) >= 11 is 0. The fourth-order valence-corrected chi connectivity index (χ4v) is 1.000. The van der Waals surface area contributed by atoms with Gasteiger partial charge in [0.25, 0.3) is 0 Å². The van der Waals surface area contributed by atoms with Gasteiger partial charge < -0.3 is 9.90 Å². The molecule has 0 bridgehead atoms. The van der Waals surface area contributed by atoms with E-state index in [2.05, 4.69) is 0 Å². The minimum Gasteiger partial charge on any atom is -0.396 e. The number of unbranched alkanes of at least 4 members (excludes halogenated alkanes) is 3. The van der Waals surface area contributed by atoms with Crippen molar-refractivity contribution in [2.24, 2.45) is 5.92 Å². The first-order valence-corrected chi connectivity index (χ1v) is 4.37. The van der Waals surface area contributed by atoms with E-state index in [0.29, 0.717) is 6.61 Å². The summed E-state index contributed by atoms with van der Waals surface area (Å²) in [4.78, 5) is 10.2. The topological polar surface area (TPSA) is 37.3 Å². The third-order valence-electron chi connectivity index (χ3n) is 1.80. The number of carbonyl (C=O) groups is 1. The van der Waals surface area contributed by atoms with Gasteiger partial charge in [-0.05, 0) is 12.8 Å². The van der Waals surface area contributed by atoms with E-state index in [0.717, 1.165) is 38.4 Å². The van der Waals surface area contributed by atoms with Gasteiger partial charge in [0.15, 0.2) is 0 Å². The van der Waals surface area contributed by atoms with Gasteiger partial charge in [-0.1, -0.05) is 26.2 Å². The second-order valence-electron chi connectivity index (χ2n) is 3.04. The van der Waals surface area contributed by atoms with E-state index >= 15 is 0 Å². The van der Waals surface area contributed by atoms with Crippen molar-refractivity contribution in [1.82, 2.24) is 0 Å².